The van der Waals surface area contributed by atoms with Gasteiger partial charge < -0.3 is 24.3 Å². The zero-order valence-electron chi connectivity index (χ0n) is 25.2. The lowest BCUT2D eigenvalue weighted by Crippen LogP contribution is -2.55. The van der Waals surface area contributed by atoms with Gasteiger partial charge in [0.25, 0.3) is 0 Å². The Morgan fingerprint density at radius 2 is 1.71 bits per heavy atom. The summed E-state index contributed by atoms with van der Waals surface area (Å²) in [6.07, 6.45) is 8.45. The number of aromatic nitrogens is 1. The SMILES string of the molecule is CC(C)(C)OC(=O)Oc1ccc2c(c1)CCC(CN1CCN(c3cccc4[nH]ccc34)CC1)N2C(=O)C1CCCCC1. The molecule has 1 aromatic heterocycles. The Kier molecular flexibility index (Phi) is 8.17. The largest absolute Gasteiger partial charge is 0.514 e. The molecule has 1 unspecified atom stereocenters. The van der Waals surface area contributed by atoms with Gasteiger partial charge >= 0.3 is 6.16 Å². The third kappa shape index (κ3) is 6.28. The smallest absolute Gasteiger partial charge is 0.428 e. The van der Waals surface area contributed by atoms with Crippen LogP contribution < -0.4 is 14.5 Å². The van der Waals surface area contributed by atoms with Crippen molar-refractivity contribution in [3.8, 4) is 5.75 Å². The van der Waals surface area contributed by atoms with Crippen molar-refractivity contribution in [3.05, 3.63) is 54.2 Å². The Balaban J connectivity index is 1.17. The zero-order chi connectivity index (χ0) is 29.3. The number of ether oxygens (including phenoxy) is 2. The Labute approximate surface area is 248 Å². The number of benzene rings is 2. The number of fused-ring (bicyclic) bond motifs is 2. The number of nitrogens with zero attached hydrogens (tertiary/aromatic N) is 3. The van der Waals surface area contributed by atoms with Crippen molar-refractivity contribution in [2.75, 3.05) is 42.5 Å². The number of anilines is 2. The summed E-state index contributed by atoms with van der Waals surface area (Å²) in [5.41, 5.74) is 3.87. The number of hydrogen-bond acceptors (Lipinski definition) is 6. The highest BCUT2D eigenvalue weighted by atomic mass is 16.7. The van der Waals surface area contributed by atoms with Crippen molar-refractivity contribution in [2.24, 2.45) is 5.92 Å². The Hall–Kier alpha value is -3.52. The fourth-order valence-electron chi connectivity index (χ4n) is 6.91. The first-order valence-corrected chi connectivity index (χ1v) is 15.7. The van der Waals surface area contributed by atoms with E-state index in [2.05, 4.69) is 43.9 Å². The molecule has 1 saturated carbocycles. The molecule has 8 heteroatoms. The molecule has 1 N–H and O–H groups in total. The molecule has 6 rings (SSSR count). The molecular weight excluding hydrogens is 528 g/mol. The van der Waals surface area contributed by atoms with Gasteiger partial charge in [-0.1, -0.05) is 25.3 Å². The predicted molar refractivity (Wildman–Crippen MR) is 166 cm³/mol. The summed E-state index contributed by atoms with van der Waals surface area (Å²) >= 11 is 0. The maximum atomic E-state index is 14.1. The van der Waals surface area contributed by atoms with Crippen molar-refractivity contribution in [1.82, 2.24) is 9.88 Å². The molecule has 3 aliphatic rings. The van der Waals surface area contributed by atoms with Crippen molar-refractivity contribution in [1.29, 1.82) is 0 Å². The third-order valence-electron chi connectivity index (χ3n) is 8.96. The molecule has 0 spiro atoms. The van der Waals surface area contributed by atoms with Crippen LogP contribution in [0.25, 0.3) is 10.9 Å². The Morgan fingerprint density at radius 3 is 2.48 bits per heavy atom. The normalized spacial score (nSPS) is 20.4. The van der Waals surface area contributed by atoms with E-state index in [9.17, 15) is 9.59 Å². The van der Waals surface area contributed by atoms with E-state index in [1.807, 2.05) is 39.1 Å². The number of aromatic amines is 1. The molecular formula is C34H44N4O4. The van der Waals surface area contributed by atoms with E-state index >= 15 is 0 Å². The summed E-state index contributed by atoms with van der Waals surface area (Å²) in [5.74, 6) is 0.808. The first-order valence-electron chi connectivity index (χ1n) is 15.7. The quantitative estimate of drug-likeness (QED) is 0.277. The first kappa shape index (κ1) is 28.6. The minimum absolute atomic E-state index is 0.0866. The minimum Gasteiger partial charge on any atom is -0.428 e. The van der Waals surface area contributed by atoms with Crippen LogP contribution in [0, 0.1) is 5.92 Å². The van der Waals surface area contributed by atoms with E-state index in [0.717, 1.165) is 82.5 Å². The molecule has 0 radical (unpaired) electrons. The summed E-state index contributed by atoms with van der Waals surface area (Å²) in [6, 6.07) is 14.4. The fraction of sp³-hybridized carbons (Fsp3) is 0.529. The van der Waals surface area contributed by atoms with Gasteiger partial charge in [-0.3, -0.25) is 9.69 Å². The molecule has 3 aromatic rings. The average Bonchev–Trinajstić information content (AvgIpc) is 3.46. The molecule has 1 amide bonds. The monoisotopic (exact) mass is 572 g/mol. The van der Waals surface area contributed by atoms with E-state index in [0.29, 0.717) is 5.75 Å². The lowest BCUT2D eigenvalue weighted by Gasteiger charge is -2.44. The van der Waals surface area contributed by atoms with Crippen molar-refractivity contribution < 1.29 is 19.1 Å². The molecule has 2 aromatic carbocycles. The number of amides is 1. The highest BCUT2D eigenvalue weighted by Crippen LogP contribution is 2.37. The highest BCUT2D eigenvalue weighted by molar-refractivity contribution is 5.97. The molecule has 224 valence electrons. The van der Waals surface area contributed by atoms with Crippen LogP contribution in [-0.2, 0) is 16.0 Å². The summed E-state index contributed by atoms with van der Waals surface area (Å²) in [5, 5.41) is 1.27. The number of H-pyrrole nitrogens is 1. The maximum absolute atomic E-state index is 14.1. The lowest BCUT2D eigenvalue weighted by atomic mass is 9.86. The topological polar surface area (TPSA) is 78.1 Å². The molecule has 2 fully saturated rings. The predicted octanol–water partition coefficient (Wildman–Crippen LogP) is 6.53. The van der Waals surface area contributed by atoms with Crippen LogP contribution >= 0.6 is 0 Å². The summed E-state index contributed by atoms with van der Waals surface area (Å²) in [7, 11) is 0. The number of carbonyl (C=O) groups is 2. The van der Waals surface area contributed by atoms with E-state index in [4.69, 9.17) is 9.47 Å². The second-order valence-electron chi connectivity index (χ2n) is 13.1. The minimum atomic E-state index is -0.710. The van der Waals surface area contributed by atoms with E-state index < -0.39 is 11.8 Å². The molecule has 8 nitrogen and oxygen atoms in total. The second kappa shape index (κ2) is 12.0. The summed E-state index contributed by atoms with van der Waals surface area (Å²) in [4.78, 5) is 36.9. The Morgan fingerprint density at radius 1 is 0.929 bits per heavy atom. The van der Waals surface area contributed by atoms with E-state index in [-0.39, 0.29) is 17.9 Å². The maximum Gasteiger partial charge on any atom is 0.514 e. The first-order chi connectivity index (χ1) is 20.2. The number of hydrogen-bond donors (Lipinski definition) is 1. The van der Waals surface area contributed by atoms with Gasteiger partial charge in [-0.25, -0.2) is 4.79 Å². The number of carbonyl (C=O) groups excluding carboxylic acids is 2. The van der Waals surface area contributed by atoms with Gasteiger partial charge in [0.2, 0.25) is 5.91 Å². The molecule has 1 saturated heterocycles. The number of aryl methyl sites for hydroxylation is 1. The van der Waals surface area contributed by atoms with Crippen molar-refractivity contribution >= 4 is 34.3 Å². The standard InChI is InChI=1S/C34H44N4O4/c1-34(2,3)42-33(40)41-27-14-15-30-25(22-27)12-13-26(38(30)32(39)24-8-5-4-6-9-24)23-36-18-20-37(21-19-36)31-11-7-10-29-28(31)16-17-35-29/h7,10-11,14-17,22,24,26,35H,4-6,8-9,12-13,18-21,23H2,1-3H3. The van der Waals surface area contributed by atoms with Crippen LogP contribution in [0.15, 0.2) is 48.7 Å². The van der Waals surface area contributed by atoms with Crippen LogP contribution in [0.2, 0.25) is 0 Å². The van der Waals surface area contributed by atoms with E-state index in [1.54, 1.807) is 6.07 Å². The van der Waals surface area contributed by atoms with E-state index in [1.165, 1.54) is 23.0 Å². The molecule has 2 aliphatic heterocycles. The van der Waals surface area contributed by atoms with Gasteiger partial charge in [0.05, 0.1) is 0 Å². The average molecular weight is 573 g/mol. The van der Waals surface area contributed by atoms with Crippen molar-refractivity contribution in [3.63, 3.8) is 0 Å². The molecule has 1 aliphatic carbocycles. The molecule has 3 heterocycles. The van der Waals surface area contributed by atoms with Crippen molar-refractivity contribution in [2.45, 2.75) is 77.4 Å². The highest BCUT2D eigenvalue weighted by Gasteiger charge is 2.37. The van der Waals surface area contributed by atoms with Crippen LogP contribution in [0.4, 0.5) is 16.2 Å². The van der Waals surface area contributed by atoms with Crippen LogP contribution in [-0.4, -0.2) is 66.3 Å². The van der Waals surface area contributed by atoms with Crippen LogP contribution in [0.5, 0.6) is 5.75 Å². The Bertz CT molecular complexity index is 1410. The van der Waals surface area contributed by atoms with Crippen LogP contribution in [0.1, 0.15) is 64.9 Å². The lowest BCUT2D eigenvalue weighted by molar-refractivity contribution is -0.124. The number of piperazine rings is 1. The third-order valence-corrected chi connectivity index (χ3v) is 8.96. The van der Waals surface area contributed by atoms with Gasteiger partial charge in [-0.15, -0.1) is 0 Å². The second-order valence-corrected chi connectivity index (χ2v) is 13.1. The van der Waals surface area contributed by atoms with Gasteiger partial charge in [0, 0.05) is 73.2 Å². The molecule has 1 atom stereocenters. The zero-order valence-corrected chi connectivity index (χ0v) is 25.2. The molecule has 42 heavy (non-hydrogen) atoms. The summed E-state index contributed by atoms with van der Waals surface area (Å²) < 4.78 is 10.8. The van der Waals surface area contributed by atoms with Gasteiger partial charge in [0.1, 0.15) is 11.4 Å². The number of nitrogens with one attached hydrogen (secondary N) is 1. The number of rotatable bonds is 5. The van der Waals surface area contributed by atoms with Gasteiger partial charge in [0.15, 0.2) is 0 Å². The van der Waals surface area contributed by atoms with Crippen LogP contribution in [0.3, 0.4) is 0 Å². The summed E-state index contributed by atoms with van der Waals surface area (Å²) in [6.45, 7) is 10.2. The van der Waals surface area contributed by atoms with Gasteiger partial charge in [-0.05, 0) is 88.4 Å². The molecule has 0 bridgehead atoms. The fourth-order valence-corrected chi connectivity index (χ4v) is 6.91. The van der Waals surface area contributed by atoms with Gasteiger partial charge in [-0.2, -0.15) is 0 Å².